The predicted octanol–water partition coefficient (Wildman–Crippen LogP) is 4.03. The van der Waals surface area contributed by atoms with Crippen molar-refractivity contribution in [3.63, 3.8) is 0 Å². The summed E-state index contributed by atoms with van der Waals surface area (Å²) in [5, 5.41) is 0.338. The van der Waals surface area contributed by atoms with Gasteiger partial charge >= 0.3 is 0 Å². The van der Waals surface area contributed by atoms with Crippen LogP contribution in [0.2, 0.25) is 0 Å². The number of nitrogen functional groups attached to an aromatic ring is 1. The SMILES string of the molecule is C=Cc1nc(NSc2ccc(N)cc2)cnc1C(=C)Cl. The second-order valence-electron chi connectivity index (χ2n) is 3.87. The summed E-state index contributed by atoms with van der Waals surface area (Å²) in [6.07, 6.45) is 3.19. The van der Waals surface area contributed by atoms with E-state index in [1.54, 1.807) is 12.3 Å². The molecule has 0 spiro atoms. The molecule has 0 aliphatic heterocycles. The first kappa shape index (κ1) is 14.4. The minimum absolute atomic E-state index is 0.338. The first-order valence-corrected chi connectivity index (χ1v) is 6.92. The van der Waals surface area contributed by atoms with E-state index in [1.807, 2.05) is 24.3 Å². The summed E-state index contributed by atoms with van der Waals surface area (Å²) in [6.45, 7) is 7.34. The van der Waals surface area contributed by atoms with E-state index in [9.17, 15) is 0 Å². The van der Waals surface area contributed by atoms with Gasteiger partial charge in [-0.2, -0.15) is 0 Å². The monoisotopic (exact) mass is 304 g/mol. The smallest absolute Gasteiger partial charge is 0.155 e. The van der Waals surface area contributed by atoms with E-state index in [2.05, 4.69) is 27.8 Å². The highest BCUT2D eigenvalue weighted by molar-refractivity contribution is 8.00. The van der Waals surface area contributed by atoms with Gasteiger partial charge in [-0.3, -0.25) is 0 Å². The van der Waals surface area contributed by atoms with Crippen LogP contribution in [-0.4, -0.2) is 9.97 Å². The Balaban J connectivity index is 2.12. The van der Waals surface area contributed by atoms with E-state index in [1.165, 1.54) is 11.9 Å². The Morgan fingerprint density at radius 1 is 1.35 bits per heavy atom. The number of nitrogens with two attached hydrogens (primary N) is 1. The van der Waals surface area contributed by atoms with Crippen LogP contribution in [0.25, 0.3) is 11.1 Å². The molecule has 0 saturated heterocycles. The van der Waals surface area contributed by atoms with E-state index in [4.69, 9.17) is 17.3 Å². The Hall–Kier alpha value is -1.98. The van der Waals surface area contributed by atoms with Gasteiger partial charge in [0.05, 0.1) is 16.9 Å². The topological polar surface area (TPSA) is 63.8 Å². The fourth-order valence-corrected chi connectivity index (χ4v) is 2.19. The van der Waals surface area contributed by atoms with E-state index in [0.29, 0.717) is 22.2 Å². The number of aromatic nitrogens is 2. The van der Waals surface area contributed by atoms with Gasteiger partial charge in [0.15, 0.2) is 5.82 Å². The number of hydrogen-bond acceptors (Lipinski definition) is 5. The molecule has 3 N–H and O–H groups in total. The lowest BCUT2D eigenvalue weighted by molar-refractivity contribution is 1.17. The molecule has 6 heteroatoms. The lowest BCUT2D eigenvalue weighted by Crippen LogP contribution is -1.98. The van der Waals surface area contributed by atoms with Gasteiger partial charge < -0.3 is 10.5 Å². The van der Waals surface area contributed by atoms with Gasteiger partial charge in [-0.05, 0) is 42.3 Å². The summed E-state index contributed by atoms with van der Waals surface area (Å²) in [7, 11) is 0. The van der Waals surface area contributed by atoms with Crippen LogP contribution in [0.3, 0.4) is 0 Å². The third-order valence-corrected chi connectivity index (χ3v) is 3.40. The molecule has 0 fully saturated rings. The molecule has 1 aromatic heterocycles. The summed E-state index contributed by atoms with van der Waals surface area (Å²) >= 11 is 7.26. The van der Waals surface area contributed by atoms with E-state index in [0.717, 1.165) is 10.6 Å². The molecule has 0 saturated carbocycles. The largest absolute Gasteiger partial charge is 0.399 e. The highest BCUT2D eigenvalue weighted by Gasteiger charge is 2.07. The Morgan fingerprint density at radius 2 is 2.05 bits per heavy atom. The van der Waals surface area contributed by atoms with Crippen LogP contribution >= 0.6 is 23.5 Å². The van der Waals surface area contributed by atoms with Crippen LogP contribution in [0.5, 0.6) is 0 Å². The lowest BCUT2D eigenvalue weighted by atomic mass is 10.3. The maximum Gasteiger partial charge on any atom is 0.155 e. The van der Waals surface area contributed by atoms with E-state index in [-0.39, 0.29) is 0 Å². The molecule has 0 atom stereocenters. The summed E-state index contributed by atoms with van der Waals surface area (Å²) in [5.74, 6) is 0.614. The standard InChI is InChI=1S/C14H13ClN4S/c1-3-12-14(9(2)15)17-8-13(18-12)19-20-11-6-4-10(16)5-7-11/h3-8H,1-2,16H2,(H,18,19). The predicted molar refractivity (Wildman–Crippen MR) is 87.3 cm³/mol. The second-order valence-corrected chi connectivity index (χ2v) is 5.21. The number of rotatable bonds is 5. The van der Waals surface area contributed by atoms with Gasteiger partial charge in [0, 0.05) is 10.6 Å². The van der Waals surface area contributed by atoms with Crippen LogP contribution in [0.4, 0.5) is 11.5 Å². The molecule has 0 aliphatic rings. The normalized spacial score (nSPS) is 10.1. The Bertz CT molecular complexity index is 640. The average Bonchev–Trinajstić information content (AvgIpc) is 2.46. The minimum atomic E-state index is 0.338. The highest BCUT2D eigenvalue weighted by Crippen LogP contribution is 2.23. The van der Waals surface area contributed by atoms with Crippen molar-refractivity contribution < 1.29 is 0 Å². The Labute approximate surface area is 126 Å². The van der Waals surface area contributed by atoms with Gasteiger partial charge in [0.25, 0.3) is 0 Å². The fourth-order valence-electron chi connectivity index (χ4n) is 1.45. The molecule has 0 bridgehead atoms. The third kappa shape index (κ3) is 3.53. The van der Waals surface area contributed by atoms with E-state index >= 15 is 0 Å². The van der Waals surface area contributed by atoms with Crippen LogP contribution < -0.4 is 10.5 Å². The zero-order chi connectivity index (χ0) is 14.5. The number of anilines is 2. The average molecular weight is 305 g/mol. The summed E-state index contributed by atoms with van der Waals surface area (Å²) in [5.41, 5.74) is 7.49. The molecule has 4 nitrogen and oxygen atoms in total. The molecular formula is C14H13ClN4S. The van der Waals surface area contributed by atoms with Crippen molar-refractivity contribution in [3.05, 3.63) is 55.0 Å². The number of nitrogens with one attached hydrogen (secondary N) is 1. The van der Waals surface area contributed by atoms with Gasteiger partial charge in [-0.25, -0.2) is 9.97 Å². The van der Waals surface area contributed by atoms with E-state index < -0.39 is 0 Å². The number of benzene rings is 1. The molecular weight excluding hydrogens is 292 g/mol. The molecule has 102 valence electrons. The Kier molecular flexibility index (Phi) is 4.65. The van der Waals surface area contributed by atoms with Gasteiger partial charge in [-0.15, -0.1) is 0 Å². The van der Waals surface area contributed by atoms with Crippen LogP contribution in [0, 0.1) is 0 Å². The maximum absolute atomic E-state index is 5.85. The molecule has 1 heterocycles. The van der Waals surface area contributed by atoms with Crippen molar-refractivity contribution in [2.45, 2.75) is 4.90 Å². The maximum atomic E-state index is 5.85. The molecule has 2 aromatic rings. The molecule has 1 aromatic carbocycles. The van der Waals surface area contributed by atoms with Gasteiger partial charge in [0.2, 0.25) is 0 Å². The number of halogens is 1. The molecule has 0 unspecified atom stereocenters. The zero-order valence-electron chi connectivity index (χ0n) is 10.6. The van der Waals surface area contributed by atoms with Crippen molar-refractivity contribution >= 4 is 46.2 Å². The van der Waals surface area contributed by atoms with Crippen molar-refractivity contribution in [1.82, 2.24) is 9.97 Å². The number of hydrogen-bond donors (Lipinski definition) is 2. The summed E-state index contributed by atoms with van der Waals surface area (Å²) < 4.78 is 3.10. The minimum Gasteiger partial charge on any atom is -0.399 e. The van der Waals surface area contributed by atoms with Crippen molar-refractivity contribution in [2.24, 2.45) is 0 Å². The van der Waals surface area contributed by atoms with Gasteiger partial charge in [-0.1, -0.05) is 24.8 Å². The zero-order valence-corrected chi connectivity index (χ0v) is 12.2. The van der Waals surface area contributed by atoms with Crippen LogP contribution in [-0.2, 0) is 0 Å². The van der Waals surface area contributed by atoms with Crippen molar-refractivity contribution in [3.8, 4) is 0 Å². The van der Waals surface area contributed by atoms with Crippen LogP contribution in [0.15, 0.2) is 48.5 Å². The fraction of sp³-hybridized carbons (Fsp3) is 0. The Morgan fingerprint density at radius 3 is 2.65 bits per heavy atom. The van der Waals surface area contributed by atoms with Crippen molar-refractivity contribution in [2.75, 3.05) is 10.5 Å². The summed E-state index contributed by atoms with van der Waals surface area (Å²) in [4.78, 5) is 9.60. The first-order valence-electron chi connectivity index (χ1n) is 5.73. The molecule has 2 rings (SSSR count). The lowest BCUT2D eigenvalue weighted by Gasteiger charge is -2.07. The van der Waals surface area contributed by atoms with Crippen molar-refractivity contribution in [1.29, 1.82) is 0 Å². The summed E-state index contributed by atoms with van der Waals surface area (Å²) in [6, 6.07) is 7.52. The highest BCUT2D eigenvalue weighted by atomic mass is 35.5. The quantitative estimate of drug-likeness (QED) is 0.645. The van der Waals surface area contributed by atoms with Crippen LogP contribution in [0.1, 0.15) is 11.4 Å². The molecule has 0 aliphatic carbocycles. The molecule has 0 amide bonds. The molecule has 20 heavy (non-hydrogen) atoms. The molecule has 0 radical (unpaired) electrons. The first-order chi connectivity index (χ1) is 9.60. The van der Waals surface area contributed by atoms with Gasteiger partial charge in [0.1, 0.15) is 5.69 Å². The number of nitrogens with zero attached hydrogens (tertiary/aromatic N) is 2. The second kappa shape index (κ2) is 6.45. The third-order valence-electron chi connectivity index (χ3n) is 2.40.